The predicted octanol–water partition coefficient (Wildman–Crippen LogP) is 5.42. The van der Waals surface area contributed by atoms with Gasteiger partial charge in [-0.2, -0.15) is 0 Å². The van der Waals surface area contributed by atoms with Gasteiger partial charge in [0.25, 0.3) is 5.91 Å². The molecule has 2 N–H and O–H groups in total. The number of likely N-dealkylation sites (tertiary alicyclic amines) is 1. The average molecular weight is 510 g/mol. The Kier molecular flexibility index (Phi) is 6.42. The van der Waals surface area contributed by atoms with Crippen LogP contribution < -0.4 is 5.32 Å². The molecular formula is C24H23IN4O. The lowest BCUT2D eigenvalue weighted by molar-refractivity contribution is 0.102. The minimum atomic E-state index is -0.167. The van der Waals surface area contributed by atoms with E-state index < -0.39 is 0 Å². The number of amides is 1. The lowest BCUT2D eigenvalue weighted by atomic mass is 10.1. The van der Waals surface area contributed by atoms with Gasteiger partial charge >= 0.3 is 0 Å². The topological polar surface area (TPSA) is 69.1 Å². The van der Waals surface area contributed by atoms with Crippen LogP contribution in [-0.4, -0.2) is 34.7 Å². The third kappa shape index (κ3) is 4.70. The van der Waals surface area contributed by atoms with E-state index in [2.05, 4.69) is 37.8 Å². The van der Waals surface area contributed by atoms with Gasteiger partial charge in [0, 0.05) is 45.2 Å². The first-order valence-corrected chi connectivity index (χ1v) is 11.2. The largest absolute Gasteiger partial charge is 0.357 e. The van der Waals surface area contributed by atoms with Gasteiger partial charge in [0.2, 0.25) is 0 Å². The van der Waals surface area contributed by atoms with Gasteiger partial charge in [-0.15, -0.1) is 0 Å². The number of hydrogen-bond acceptors (Lipinski definition) is 3. The first-order valence-electron chi connectivity index (χ1n) is 10.1. The summed E-state index contributed by atoms with van der Waals surface area (Å²) in [7, 11) is 0. The number of anilines is 1. The molecule has 0 spiro atoms. The van der Waals surface area contributed by atoms with Gasteiger partial charge in [0.05, 0.1) is 5.69 Å². The zero-order valence-electron chi connectivity index (χ0n) is 16.6. The summed E-state index contributed by atoms with van der Waals surface area (Å²) >= 11 is 2.28. The lowest BCUT2D eigenvalue weighted by Gasteiger charge is -2.29. The molecule has 2 heterocycles. The van der Waals surface area contributed by atoms with Crippen LogP contribution in [0.15, 0.2) is 66.9 Å². The van der Waals surface area contributed by atoms with Crippen molar-refractivity contribution in [1.82, 2.24) is 9.88 Å². The number of halogens is 1. The molecule has 30 heavy (non-hydrogen) atoms. The Bertz CT molecular complexity index is 1040. The number of pyridine rings is 1. The van der Waals surface area contributed by atoms with Crippen molar-refractivity contribution < 1.29 is 4.79 Å². The van der Waals surface area contributed by atoms with Gasteiger partial charge in [-0.05, 0) is 84.3 Å². The zero-order chi connectivity index (χ0) is 20.9. The minimum Gasteiger partial charge on any atom is -0.357 e. The van der Waals surface area contributed by atoms with Crippen molar-refractivity contribution in [3.05, 3.63) is 81.6 Å². The standard InChI is InChI=1S/C24H23IN4O/c25-21-12-11-19(16-20(21)22-6-2-3-13-27-22)28-24(30)18-9-7-17(8-10-18)23(26)29-14-4-1-5-15-29/h2-3,6-13,16,26H,1,4-5,14-15H2,(H,28,30). The van der Waals surface area contributed by atoms with E-state index in [0.29, 0.717) is 11.4 Å². The molecule has 5 nitrogen and oxygen atoms in total. The van der Waals surface area contributed by atoms with Crippen LogP contribution in [-0.2, 0) is 0 Å². The number of carbonyl (C=O) groups is 1. The summed E-state index contributed by atoms with van der Waals surface area (Å²) < 4.78 is 1.07. The fraction of sp³-hybridized carbons (Fsp3) is 0.208. The smallest absolute Gasteiger partial charge is 0.255 e. The van der Waals surface area contributed by atoms with Crippen molar-refractivity contribution >= 4 is 40.0 Å². The Morgan fingerprint density at radius 2 is 1.70 bits per heavy atom. The van der Waals surface area contributed by atoms with Gasteiger partial charge in [0.1, 0.15) is 5.84 Å². The Morgan fingerprint density at radius 1 is 0.967 bits per heavy atom. The summed E-state index contributed by atoms with van der Waals surface area (Å²) in [6.07, 6.45) is 5.28. The molecule has 1 aliphatic rings. The van der Waals surface area contributed by atoms with Crippen molar-refractivity contribution in [1.29, 1.82) is 5.41 Å². The number of nitrogens with zero attached hydrogens (tertiary/aromatic N) is 2. The number of carbonyl (C=O) groups excluding carboxylic acids is 1. The molecule has 1 aliphatic heterocycles. The van der Waals surface area contributed by atoms with Crippen molar-refractivity contribution in [2.45, 2.75) is 19.3 Å². The van der Waals surface area contributed by atoms with Crippen LogP contribution in [0.1, 0.15) is 35.2 Å². The van der Waals surface area contributed by atoms with E-state index in [-0.39, 0.29) is 5.91 Å². The molecule has 2 aromatic carbocycles. The fourth-order valence-electron chi connectivity index (χ4n) is 3.60. The molecule has 1 fully saturated rings. The summed E-state index contributed by atoms with van der Waals surface area (Å²) in [5.41, 5.74) is 4.01. The molecule has 4 rings (SSSR count). The molecule has 0 saturated carbocycles. The van der Waals surface area contributed by atoms with Crippen molar-refractivity contribution in [3.8, 4) is 11.3 Å². The van der Waals surface area contributed by atoms with Crippen LogP contribution in [0.5, 0.6) is 0 Å². The SMILES string of the molecule is N=C(c1ccc(C(=O)Nc2ccc(I)c(-c3ccccn3)c2)cc1)N1CCCCC1. The first-order chi connectivity index (χ1) is 14.6. The quantitative estimate of drug-likeness (QED) is 0.280. The molecule has 0 bridgehead atoms. The molecule has 152 valence electrons. The molecule has 3 aromatic rings. The van der Waals surface area contributed by atoms with E-state index in [4.69, 9.17) is 5.41 Å². The highest BCUT2D eigenvalue weighted by molar-refractivity contribution is 14.1. The summed E-state index contributed by atoms with van der Waals surface area (Å²) in [5, 5.41) is 11.4. The maximum Gasteiger partial charge on any atom is 0.255 e. The number of aromatic nitrogens is 1. The van der Waals surface area contributed by atoms with E-state index in [9.17, 15) is 4.79 Å². The van der Waals surface area contributed by atoms with Crippen molar-refractivity contribution in [3.63, 3.8) is 0 Å². The van der Waals surface area contributed by atoms with Crippen LogP contribution in [0.3, 0.4) is 0 Å². The van der Waals surface area contributed by atoms with Crippen LogP contribution in [0.25, 0.3) is 11.3 Å². The summed E-state index contributed by atoms with van der Waals surface area (Å²) in [6.45, 7) is 1.87. The van der Waals surface area contributed by atoms with E-state index in [1.807, 2.05) is 48.5 Å². The number of nitrogens with one attached hydrogen (secondary N) is 2. The van der Waals surface area contributed by atoms with Crippen LogP contribution >= 0.6 is 22.6 Å². The fourth-order valence-corrected chi connectivity index (χ4v) is 4.22. The van der Waals surface area contributed by atoms with Crippen LogP contribution in [0, 0.1) is 8.98 Å². The first kappa shape index (κ1) is 20.5. The molecule has 6 heteroatoms. The van der Waals surface area contributed by atoms with Gasteiger partial charge < -0.3 is 10.2 Å². The second-order valence-corrected chi connectivity index (χ2v) is 8.50. The molecule has 1 amide bonds. The highest BCUT2D eigenvalue weighted by Crippen LogP contribution is 2.27. The summed E-state index contributed by atoms with van der Waals surface area (Å²) in [4.78, 5) is 19.3. The van der Waals surface area contributed by atoms with E-state index in [1.165, 1.54) is 6.42 Å². The zero-order valence-corrected chi connectivity index (χ0v) is 18.7. The Labute approximate surface area is 190 Å². The Hall–Kier alpha value is -2.74. The van der Waals surface area contributed by atoms with E-state index >= 15 is 0 Å². The second-order valence-electron chi connectivity index (χ2n) is 7.34. The van der Waals surface area contributed by atoms with Crippen LogP contribution in [0.2, 0.25) is 0 Å². The average Bonchev–Trinajstić information content (AvgIpc) is 2.81. The number of hydrogen-bond donors (Lipinski definition) is 2. The van der Waals surface area contributed by atoms with E-state index in [1.54, 1.807) is 18.3 Å². The summed E-state index contributed by atoms with van der Waals surface area (Å²) in [5.74, 6) is 0.374. The van der Waals surface area contributed by atoms with Gasteiger partial charge in [-0.25, -0.2) is 0 Å². The van der Waals surface area contributed by atoms with Gasteiger partial charge in [0.15, 0.2) is 0 Å². The number of benzene rings is 2. The number of amidine groups is 1. The lowest BCUT2D eigenvalue weighted by Crippen LogP contribution is -2.35. The monoisotopic (exact) mass is 510 g/mol. The number of rotatable bonds is 4. The number of piperidine rings is 1. The molecular weight excluding hydrogens is 487 g/mol. The minimum absolute atomic E-state index is 0.167. The summed E-state index contributed by atoms with van der Waals surface area (Å²) in [6, 6.07) is 18.9. The third-order valence-corrected chi connectivity index (χ3v) is 6.20. The molecule has 0 radical (unpaired) electrons. The maximum absolute atomic E-state index is 12.7. The molecule has 1 saturated heterocycles. The molecule has 1 aromatic heterocycles. The molecule has 0 unspecified atom stereocenters. The van der Waals surface area contributed by atoms with Crippen LogP contribution in [0.4, 0.5) is 5.69 Å². The second kappa shape index (κ2) is 9.38. The Balaban J connectivity index is 1.47. The molecule has 0 aliphatic carbocycles. The highest BCUT2D eigenvalue weighted by atomic mass is 127. The predicted molar refractivity (Wildman–Crippen MR) is 129 cm³/mol. The van der Waals surface area contributed by atoms with Gasteiger partial charge in [-0.3, -0.25) is 15.2 Å². The van der Waals surface area contributed by atoms with Gasteiger partial charge in [-0.1, -0.05) is 18.2 Å². The van der Waals surface area contributed by atoms with Crippen molar-refractivity contribution in [2.75, 3.05) is 18.4 Å². The maximum atomic E-state index is 12.7. The molecule has 0 atom stereocenters. The van der Waals surface area contributed by atoms with E-state index in [0.717, 1.165) is 52.0 Å². The highest BCUT2D eigenvalue weighted by Gasteiger charge is 2.16. The normalized spacial score (nSPS) is 13.7. The van der Waals surface area contributed by atoms with Crippen molar-refractivity contribution in [2.24, 2.45) is 0 Å². The Morgan fingerprint density at radius 3 is 2.40 bits per heavy atom. The third-order valence-electron chi connectivity index (χ3n) is 5.26.